The van der Waals surface area contributed by atoms with E-state index >= 15 is 0 Å². The number of carbonyl (C=O) groups excluding carboxylic acids is 1. The molecule has 26 heavy (non-hydrogen) atoms. The summed E-state index contributed by atoms with van der Waals surface area (Å²) in [7, 11) is -0.369. The van der Waals surface area contributed by atoms with Gasteiger partial charge in [0.1, 0.15) is 17.3 Å². The predicted octanol–water partition coefficient (Wildman–Crippen LogP) is 2.06. The number of nitrogens with one attached hydrogen (secondary N) is 1. The molecule has 140 valence electrons. The number of urea groups is 1. The van der Waals surface area contributed by atoms with Crippen LogP contribution in [0, 0.1) is 0 Å². The zero-order valence-electron chi connectivity index (χ0n) is 14.5. The van der Waals surface area contributed by atoms with Crippen molar-refractivity contribution >= 4 is 28.4 Å². The predicted molar refractivity (Wildman–Crippen MR) is 96.8 cm³/mol. The van der Waals surface area contributed by atoms with E-state index < -0.39 is 16.9 Å². The van der Waals surface area contributed by atoms with Gasteiger partial charge in [-0.15, -0.1) is 0 Å². The van der Waals surface area contributed by atoms with Crippen molar-refractivity contribution in [2.24, 2.45) is 0 Å². The molecule has 1 heterocycles. The van der Waals surface area contributed by atoms with Gasteiger partial charge in [-0.05, 0) is 31.2 Å². The monoisotopic (exact) mass is 381 g/mol. The largest absolute Gasteiger partial charge is 0.496 e. The van der Waals surface area contributed by atoms with Crippen LogP contribution in [-0.2, 0) is 10.9 Å². The summed E-state index contributed by atoms with van der Waals surface area (Å²) in [6.45, 7) is 2.31. The maximum absolute atomic E-state index is 12.4. The van der Waals surface area contributed by atoms with Crippen molar-refractivity contribution in [3.63, 3.8) is 0 Å². The average Bonchev–Trinajstić information content (AvgIpc) is 2.62. The van der Waals surface area contributed by atoms with E-state index in [1.54, 1.807) is 12.1 Å². The van der Waals surface area contributed by atoms with E-state index in [0.29, 0.717) is 22.4 Å². The maximum Gasteiger partial charge on any atom is 0.341 e. The van der Waals surface area contributed by atoms with Gasteiger partial charge in [0.2, 0.25) is 16.8 Å². The Labute approximate surface area is 152 Å². The van der Waals surface area contributed by atoms with Gasteiger partial charge in [0.15, 0.2) is 0 Å². The van der Waals surface area contributed by atoms with Crippen LogP contribution < -0.4 is 23.8 Å². The van der Waals surface area contributed by atoms with Gasteiger partial charge in [0.25, 0.3) is 0 Å². The highest BCUT2D eigenvalue weighted by Crippen LogP contribution is 2.24. The van der Waals surface area contributed by atoms with Crippen molar-refractivity contribution in [1.29, 1.82) is 0 Å². The minimum absolute atomic E-state index is 0.0824. The molecule has 1 aromatic heterocycles. The number of rotatable bonds is 7. The third kappa shape index (κ3) is 4.76. The van der Waals surface area contributed by atoms with Crippen molar-refractivity contribution in [3.8, 4) is 17.4 Å². The van der Waals surface area contributed by atoms with Crippen molar-refractivity contribution in [3.05, 3.63) is 36.4 Å². The number of anilines is 2. The number of hydrogen-bond acceptors (Lipinski definition) is 7. The molecule has 2 amide bonds. The first-order valence-corrected chi connectivity index (χ1v) is 8.69. The first kappa shape index (κ1) is 19.3. The summed E-state index contributed by atoms with van der Waals surface area (Å²) in [6.07, 6.45) is 0. The molecule has 2 rings (SSSR count). The van der Waals surface area contributed by atoms with Gasteiger partial charge in [-0.3, -0.25) is 5.32 Å². The first-order valence-electron chi connectivity index (χ1n) is 7.56. The average molecular weight is 381 g/mol. The standard InChI is InChI=1S/C16H19N3O6S/c1-4-25-12-7-5-11(6-8-12)19(26(21)22)16(20)18-14-9-13(23-2)10-15(17-14)24-3/h5-10,26H,4H2,1-3H3,(H,17,18,20). The van der Waals surface area contributed by atoms with Crippen LogP contribution in [0.2, 0.25) is 0 Å². The number of ether oxygens (including phenoxy) is 3. The van der Waals surface area contributed by atoms with Crippen LogP contribution in [0.15, 0.2) is 36.4 Å². The smallest absolute Gasteiger partial charge is 0.341 e. The second-order valence-corrected chi connectivity index (χ2v) is 5.72. The number of carbonyl (C=O) groups is 1. The Balaban J connectivity index is 2.26. The molecule has 2 aromatic rings. The van der Waals surface area contributed by atoms with E-state index in [0.717, 1.165) is 0 Å². The summed E-state index contributed by atoms with van der Waals surface area (Å²) in [6, 6.07) is 8.15. The quantitative estimate of drug-likeness (QED) is 0.707. The SMILES string of the molecule is CCOc1ccc(N(C(=O)Nc2cc(OC)cc(OC)n2)[SH](=O)=O)cc1. The van der Waals surface area contributed by atoms with Gasteiger partial charge >= 0.3 is 6.03 Å². The van der Waals surface area contributed by atoms with E-state index in [1.165, 1.54) is 38.5 Å². The number of aromatic nitrogens is 1. The van der Waals surface area contributed by atoms with E-state index in [1.807, 2.05) is 6.92 Å². The third-order valence-electron chi connectivity index (χ3n) is 3.20. The molecular formula is C16H19N3O6S. The van der Waals surface area contributed by atoms with E-state index in [9.17, 15) is 13.2 Å². The molecule has 0 aliphatic carbocycles. The maximum atomic E-state index is 12.4. The van der Waals surface area contributed by atoms with Crippen molar-refractivity contribution in [2.75, 3.05) is 30.4 Å². The van der Waals surface area contributed by atoms with Crippen LogP contribution in [0.5, 0.6) is 17.4 Å². The van der Waals surface area contributed by atoms with Gasteiger partial charge in [-0.25, -0.2) is 13.2 Å². The molecular weight excluding hydrogens is 362 g/mol. The Morgan fingerprint density at radius 1 is 1.12 bits per heavy atom. The number of methoxy groups -OCH3 is 2. The Kier molecular flexibility index (Phi) is 6.61. The molecule has 10 heteroatoms. The summed E-state index contributed by atoms with van der Waals surface area (Å²) in [5.41, 5.74) is 0.164. The number of benzene rings is 1. The van der Waals surface area contributed by atoms with Gasteiger partial charge in [0.05, 0.1) is 26.5 Å². The number of amides is 2. The highest BCUT2D eigenvalue weighted by atomic mass is 32.2. The zero-order valence-corrected chi connectivity index (χ0v) is 15.4. The lowest BCUT2D eigenvalue weighted by Crippen LogP contribution is -2.33. The lowest BCUT2D eigenvalue weighted by atomic mass is 10.3. The zero-order chi connectivity index (χ0) is 19.1. The van der Waals surface area contributed by atoms with Gasteiger partial charge in [0, 0.05) is 12.1 Å². The Morgan fingerprint density at radius 2 is 1.81 bits per heavy atom. The number of pyridine rings is 1. The highest BCUT2D eigenvalue weighted by Gasteiger charge is 2.20. The van der Waals surface area contributed by atoms with Crippen LogP contribution in [0.1, 0.15) is 6.92 Å². The third-order valence-corrected chi connectivity index (χ3v) is 3.94. The van der Waals surface area contributed by atoms with Crippen LogP contribution in [0.25, 0.3) is 0 Å². The summed E-state index contributed by atoms with van der Waals surface area (Å²) in [4.78, 5) is 16.5. The molecule has 0 radical (unpaired) electrons. The minimum Gasteiger partial charge on any atom is -0.496 e. The van der Waals surface area contributed by atoms with Gasteiger partial charge < -0.3 is 14.2 Å². The Morgan fingerprint density at radius 3 is 2.35 bits per heavy atom. The Hall–Kier alpha value is -3.01. The van der Waals surface area contributed by atoms with E-state index in [4.69, 9.17) is 14.2 Å². The molecule has 0 atom stereocenters. The lowest BCUT2D eigenvalue weighted by Gasteiger charge is -2.17. The topological polar surface area (TPSA) is 107 Å². The van der Waals surface area contributed by atoms with E-state index in [-0.39, 0.29) is 17.4 Å². The van der Waals surface area contributed by atoms with Gasteiger partial charge in [-0.2, -0.15) is 9.29 Å². The molecule has 0 fully saturated rings. The molecule has 0 unspecified atom stereocenters. The van der Waals surface area contributed by atoms with Gasteiger partial charge in [-0.1, -0.05) is 0 Å². The van der Waals surface area contributed by atoms with Crippen molar-refractivity contribution in [1.82, 2.24) is 4.98 Å². The summed E-state index contributed by atoms with van der Waals surface area (Å²) in [5.74, 6) is 1.25. The number of nitrogens with zero attached hydrogens (tertiary/aromatic N) is 2. The number of thiol groups is 1. The second-order valence-electron chi connectivity index (χ2n) is 4.84. The molecule has 1 N–H and O–H groups in total. The molecule has 0 saturated carbocycles. The normalized spacial score (nSPS) is 10.3. The van der Waals surface area contributed by atoms with Crippen molar-refractivity contribution in [2.45, 2.75) is 6.92 Å². The summed E-state index contributed by atoms with van der Waals surface area (Å²) in [5, 5.41) is 2.41. The molecule has 0 aliphatic rings. The fourth-order valence-electron chi connectivity index (χ4n) is 2.07. The second kappa shape index (κ2) is 8.90. The fraction of sp³-hybridized carbons (Fsp3) is 0.250. The number of hydrogen-bond donors (Lipinski definition) is 2. The molecule has 9 nitrogen and oxygen atoms in total. The molecule has 0 saturated heterocycles. The van der Waals surface area contributed by atoms with Crippen LogP contribution >= 0.6 is 0 Å². The van der Waals surface area contributed by atoms with Crippen LogP contribution in [0.3, 0.4) is 0 Å². The van der Waals surface area contributed by atoms with Crippen molar-refractivity contribution < 1.29 is 27.4 Å². The van der Waals surface area contributed by atoms with Crippen LogP contribution in [-0.4, -0.2) is 40.3 Å². The molecule has 0 aliphatic heterocycles. The highest BCUT2D eigenvalue weighted by molar-refractivity contribution is 7.75. The molecule has 0 spiro atoms. The first-order chi connectivity index (χ1) is 12.5. The summed E-state index contributed by atoms with van der Waals surface area (Å²) < 4.78 is 39.2. The van der Waals surface area contributed by atoms with E-state index in [2.05, 4.69) is 10.3 Å². The van der Waals surface area contributed by atoms with Crippen LogP contribution in [0.4, 0.5) is 16.3 Å². The minimum atomic E-state index is -3.23. The lowest BCUT2D eigenvalue weighted by molar-refractivity contribution is 0.259. The molecule has 0 bridgehead atoms. The summed E-state index contributed by atoms with van der Waals surface area (Å²) >= 11 is 0. The molecule has 1 aromatic carbocycles. The Bertz CT molecular complexity index is 808. The fourth-order valence-corrected chi connectivity index (χ4v) is 2.59.